The molecule has 220 valence electrons. The van der Waals surface area contributed by atoms with Gasteiger partial charge >= 0.3 is 0 Å². The summed E-state index contributed by atoms with van der Waals surface area (Å²) in [4.78, 5) is 27.6. The summed E-state index contributed by atoms with van der Waals surface area (Å²) < 4.78 is 11.1. The normalized spacial score (nSPS) is 19.4. The molecule has 0 saturated carbocycles. The van der Waals surface area contributed by atoms with Gasteiger partial charge < -0.3 is 25.4 Å². The van der Waals surface area contributed by atoms with Gasteiger partial charge in [0.1, 0.15) is 11.5 Å². The van der Waals surface area contributed by atoms with Crippen LogP contribution < -0.4 is 25.4 Å². The molecule has 1 saturated heterocycles. The zero-order chi connectivity index (χ0) is 30.1. The van der Waals surface area contributed by atoms with Gasteiger partial charge in [-0.1, -0.05) is 17.7 Å². The molecule has 2 aliphatic heterocycles. The van der Waals surface area contributed by atoms with Crippen molar-refractivity contribution in [3.05, 3.63) is 94.1 Å². The van der Waals surface area contributed by atoms with Crippen LogP contribution >= 0.6 is 11.6 Å². The maximum absolute atomic E-state index is 13.1. The number of ether oxygens (including phenoxy) is 2. The topological polar surface area (TPSA) is 110 Å². The molecule has 4 aromatic rings. The van der Waals surface area contributed by atoms with Crippen LogP contribution in [0.3, 0.4) is 0 Å². The van der Waals surface area contributed by atoms with Crippen LogP contribution in [0.2, 0.25) is 5.02 Å². The number of piperazine rings is 1. The number of nitrogens with zero attached hydrogens (tertiary/aromatic N) is 3. The fourth-order valence-electron chi connectivity index (χ4n) is 5.64. The van der Waals surface area contributed by atoms with Gasteiger partial charge in [-0.05, 0) is 62.4 Å². The van der Waals surface area contributed by atoms with Gasteiger partial charge in [0, 0.05) is 69.4 Å². The maximum atomic E-state index is 13.1. The molecule has 1 fully saturated rings. The molecule has 3 atom stereocenters. The minimum atomic E-state index is -0.263. The first-order chi connectivity index (χ1) is 20.8. The Balaban J connectivity index is 1.28. The SMILES string of the molecule is COc1ccc(C2=NCc3cnc(Nc4ccc(C(=O)C5NCC(C)NC5C)cc4)nc3-c3ccc(Cl)cc32)c(OC)c1. The molecular formula is C33H33ClN6O3. The number of halogens is 1. The second kappa shape index (κ2) is 12.1. The van der Waals surface area contributed by atoms with E-state index in [-0.39, 0.29) is 17.9 Å². The smallest absolute Gasteiger partial charge is 0.227 e. The van der Waals surface area contributed by atoms with Crippen LogP contribution in [0.1, 0.15) is 40.9 Å². The van der Waals surface area contributed by atoms with Crippen molar-refractivity contribution in [2.75, 3.05) is 26.1 Å². The number of methoxy groups -OCH3 is 2. The van der Waals surface area contributed by atoms with Gasteiger partial charge in [0.25, 0.3) is 0 Å². The van der Waals surface area contributed by atoms with Crippen LogP contribution in [0.5, 0.6) is 11.5 Å². The standard InChI is InChI=1S/C33H33ClN6O3/c1-18-15-35-29(19(2)38-18)32(41)20-5-8-23(9-6-20)39-33-37-17-21-16-36-31(26-12-10-24(42-3)14-28(26)43-4)27-13-22(34)7-11-25(27)30(21)40-33/h5-14,17-19,29,35,38H,15-16H2,1-4H3,(H,37,39,40). The van der Waals surface area contributed by atoms with Crippen molar-refractivity contribution in [1.29, 1.82) is 0 Å². The first-order valence-corrected chi connectivity index (χ1v) is 14.6. The van der Waals surface area contributed by atoms with Gasteiger partial charge in [-0.3, -0.25) is 9.79 Å². The highest BCUT2D eigenvalue weighted by atomic mass is 35.5. The number of ketones is 1. The van der Waals surface area contributed by atoms with Gasteiger partial charge in [-0.15, -0.1) is 0 Å². The number of nitrogens with one attached hydrogen (secondary N) is 3. The molecule has 9 nitrogen and oxygen atoms in total. The maximum Gasteiger partial charge on any atom is 0.227 e. The molecule has 10 heteroatoms. The highest BCUT2D eigenvalue weighted by Crippen LogP contribution is 2.36. The number of carbonyl (C=O) groups excluding carboxylic acids is 1. The van der Waals surface area contributed by atoms with Crippen molar-refractivity contribution in [2.24, 2.45) is 4.99 Å². The summed E-state index contributed by atoms with van der Waals surface area (Å²) in [6, 6.07) is 18.9. The molecule has 0 aliphatic carbocycles. The summed E-state index contributed by atoms with van der Waals surface area (Å²) in [6.45, 7) is 5.27. The number of aliphatic imine (C=N–C) groups is 1. The molecule has 43 heavy (non-hydrogen) atoms. The van der Waals surface area contributed by atoms with Gasteiger partial charge in [-0.25, -0.2) is 9.97 Å². The molecule has 2 aliphatic rings. The van der Waals surface area contributed by atoms with E-state index in [0.717, 1.165) is 45.9 Å². The van der Waals surface area contributed by atoms with Gasteiger partial charge in [-0.2, -0.15) is 0 Å². The van der Waals surface area contributed by atoms with Gasteiger partial charge in [0.2, 0.25) is 5.95 Å². The van der Waals surface area contributed by atoms with E-state index in [4.69, 9.17) is 31.1 Å². The Kier molecular flexibility index (Phi) is 8.12. The summed E-state index contributed by atoms with van der Waals surface area (Å²) in [7, 11) is 3.25. The van der Waals surface area contributed by atoms with Crippen LogP contribution in [0.4, 0.5) is 11.6 Å². The van der Waals surface area contributed by atoms with E-state index in [1.807, 2.05) is 67.6 Å². The average Bonchev–Trinajstić information content (AvgIpc) is 3.17. The van der Waals surface area contributed by atoms with E-state index in [2.05, 4.69) is 27.9 Å². The minimum Gasteiger partial charge on any atom is -0.497 e. The third-order valence-electron chi connectivity index (χ3n) is 7.83. The summed E-state index contributed by atoms with van der Waals surface area (Å²) in [5.41, 5.74) is 6.38. The zero-order valence-electron chi connectivity index (χ0n) is 24.4. The van der Waals surface area contributed by atoms with Crippen molar-refractivity contribution < 1.29 is 14.3 Å². The van der Waals surface area contributed by atoms with E-state index in [1.54, 1.807) is 20.4 Å². The minimum absolute atomic E-state index is 0.0510. The van der Waals surface area contributed by atoms with Crippen molar-refractivity contribution in [2.45, 2.75) is 38.5 Å². The number of fused-ring (bicyclic) bond motifs is 3. The van der Waals surface area contributed by atoms with Crippen molar-refractivity contribution in [3.63, 3.8) is 0 Å². The fourth-order valence-corrected chi connectivity index (χ4v) is 5.81. The summed E-state index contributed by atoms with van der Waals surface area (Å²) in [6.07, 6.45) is 1.79. The average molecular weight is 597 g/mol. The summed E-state index contributed by atoms with van der Waals surface area (Å²) >= 11 is 6.49. The number of rotatable bonds is 7. The Morgan fingerprint density at radius 1 is 0.977 bits per heavy atom. The molecule has 0 amide bonds. The molecule has 3 unspecified atom stereocenters. The molecule has 3 aromatic carbocycles. The monoisotopic (exact) mass is 596 g/mol. The molecule has 6 rings (SSSR count). The van der Waals surface area contributed by atoms with Crippen LogP contribution in [0.15, 0.2) is 71.9 Å². The Morgan fingerprint density at radius 2 is 1.77 bits per heavy atom. The lowest BCUT2D eigenvalue weighted by Gasteiger charge is -2.34. The number of carbonyl (C=O) groups is 1. The summed E-state index contributed by atoms with van der Waals surface area (Å²) in [5, 5.41) is 10.7. The van der Waals surface area contributed by atoms with Crippen LogP contribution in [0, 0.1) is 0 Å². The molecule has 1 aromatic heterocycles. The molecule has 0 radical (unpaired) electrons. The fraction of sp³-hybridized carbons (Fsp3) is 0.273. The van der Waals surface area contributed by atoms with Crippen LogP contribution in [0.25, 0.3) is 11.3 Å². The molecule has 3 N–H and O–H groups in total. The van der Waals surface area contributed by atoms with E-state index in [0.29, 0.717) is 40.6 Å². The molecule has 0 bridgehead atoms. The first kappa shape index (κ1) is 28.8. The van der Waals surface area contributed by atoms with E-state index in [9.17, 15) is 4.79 Å². The highest BCUT2D eigenvalue weighted by Gasteiger charge is 2.30. The van der Waals surface area contributed by atoms with Crippen molar-refractivity contribution >= 4 is 34.7 Å². The zero-order valence-corrected chi connectivity index (χ0v) is 25.2. The van der Waals surface area contributed by atoms with E-state index in [1.165, 1.54) is 0 Å². The predicted molar refractivity (Wildman–Crippen MR) is 169 cm³/mol. The Labute approximate surface area is 255 Å². The van der Waals surface area contributed by atoms with Crippen LogP contribution in [-0.4, -0.2) is 60.4 Å². The second-order valence-corrected chi connectivity index (χ2v) is 11.2. The van der Waals surface area contributed by atoms with E-state index >= 15 is 0 Å². The lowest BCUT2D eigenvalue weighted by Crippen LogP contribution is -2.61. The number of hydrogen-bond donors (Lipinski definition) is 3. The summed E-state index contributed by atoms with van der Waals surface area (Å²) in [5.74, 6) is 1.84. The Bertz CT molecular complexity index is 1710. The lowest BCUT2D eigenvalue weighted by molar-refractivity contribution is 0.0901. The number of Topliss-reactive ketones (excluding diaryl/α,β-unsaturated/α-hetero) is 1. The largest absolute Gasteiger partial charge is 0.497 e. The third-order valence-corrected chi connectivity index (χ3v) is 8.06. The Hall–Kier alpha value is -4.31. The first-order valence-electron chi connectivity index (χ1n) is 14.2. The van der Waals surface area contributed by atoms with Crippen LogP contribution in [-0.2, 0) is 6.54 Å². The van der Waals surface area contributed by atoms with E-state index < -0.39 is 0 Å². The number of benzene rings is 3. The predicted octanol–water partition coefficient (Wildman–Crippen LogP) is 5.43. The Morgan fingerprint density at radius 3 is 2.51 bits per heavy atom. The van der Waals surface area contributed by atoms with Crippen molar-refractivity contribution in [3.8, 4) is 22.8 Å². The lowest BCUT2D eigenvalue weighted by atomic mass is 9.95. The number of hydrogen-bond acceptors (Lipinski definition) is 9. The third kappa shape index (κ3) is 5.84. The number of aromatic nitrogens is 2. The highest BCUT2D eigenvalue weighted by molar-refractivity contribution is 6.31. The second-order valence-electron chi connectivity index (χ2n) is 10.8. The van der Waals surface area contributed by atoms with Gasteiger partial charge in [0.15, 0.2) is 5.78 Å². The molecule has 0 spiro atoms. The quantitative estimate of drug-likeness (QED) is 0.242. The van der Waals surface area contributed by atoms with Crippen molar-refractivity contribution in [1.82, 2.24) is 20.6 Å². The molecule has 3 heterocycles. The van der Waals surface area contributed by atoms with Gasteiger partial charge in [0.05, 0.1) is 38.2 Å². The number of anilines is 2. The molecular weight excluding hydrogens is 564 g/mol.